The molecule has 2 aromatic rings. The molecule has 7 heteroatoms. The first-order valence-electron chi connectivity index (χ1n) is 8.51. The van der Waals surface area contributed by atoms with E-state index in [1.54, 1.807) is 26.0 Å². The number of amides is 2. The van der Waals surface area contributed by atoms with Crippen molar-refractivity contribution in [3.63, 3.8) is 0 Å². The van der Waals surface area contributed by atoms with Crippen molar-refractivity contribution in [2.24, 2.45) is 0 Å². The van der Waals surface area contributed by atoms with Gasteiger partial charge in [0.25, 0.3) is 11.8 Å². The van der Waals surface area contributed by atoms with Gasteiger partial charge in [-0.05, 0) is 49.2 Å². The van der Waals surface area contributed by atoms with Crippen LogP contribution in [0.1, 0.15) is 50.0 Å². The van der Waals surface area contributed by atoms with E-state index in [4.69, 9.17) is 4.74 Å². The van der Waals surface area contributed by atoms with Crippen molar-refractivity contribution in [3.8, 4) is 5.75 Å². The maximum Gasteiger partial charge on any atom is 0.338 e. The number of phenols is 1. The van der Waals surface area contributed by atoms with Gasteiger partial charge in [0, 0.05) is 0 Å². The van der Waals surface area contributed by atoms with Crippen molar-refractivity contribution < 1.29 is 29.3 Å². The van der Waals surface area contributed by atoms with Crippen LogP contribution in [-0.2, 0) is 4.74 Å². The third-order valence-corrected chi connectivity index (χ3v) is 4.37. The number of anilines is 1. The van der Waals surface area contributed by atoms with Gasteiger partial charge in [-0.25, -0.2) is 9.69 Å². The predicted molar refractivity (Wildman–Crippen MR) is 97.0 cm³/mol. The molecule has 27 heavy (non-hydrogen) atoms. The molecule has 1 aliphatic heterocycles. The lowest BCUT2D eigenvalue weighted by molar-refractivity contribution is 0.0250. The fourth-order valence-electron chi connectivity index (χ4n) is 2.77. The number of hydrogen-bond donors (Lipinski definition) is 2. The van der Waals surface area contributed by atoms with Crippen LogP contribution < -0.4 is 4.90 Å². The number of aromatic hydroxyl groups is 1. The number of aliphatic hydroxyl groups excluding tert-OH is 1. The molecule has 0 saturated heterocycles. The van der Waals surface area contributed by atoms with Gasteiger partial charge in [0.2, 0.25) is 0 Å². The number of benzene rings is 2. The Morgan fingerprint density at radius 1 is 1.11 bits per heavy atom. The highest BCUT2D eigenvalue weighted by molar-refractivity contribution is 6.35. The highest BCUT2D eigenvalue weighted by atomic mass is 16.5. The van der Waals surface area contributed by atoms with Crippen molar-refractivity contribution >= 4 is 23.5 Å². The number of phenolic OH excluding ortho intramolecular Hbond substituents is 1. The fraction of sp³-hybridized carbons (Fsp3) is 0.250. The van der Waals surface area contributed by atoms with E-state index in [0.29, 0.717) is 6.42 Å². The number of aryl methyl sites for hydroxylation is 1. The Balaban J connectivity index is 1.91. The van der Waals surface area contributed by atoms with E-state index in [2.05, 4.69) is 0 Å². The first-order valence-corrected chi connectivity index (χ1v) is 8.51. The summed E-state index contributed by atoms with van der Waals surface area (Å²) in [4.78, 5) is 38.4. The molecule has 2 aromatic carbocycles. The number of carbonyl (C=O) groups excluding carboxylic acids is 3. The Bertz CT molecular complexity index is 936. The third kappa shape index (κ3) is 3.41. The van der Waals surface area contributed by atoms with E-state index in [0.717, 1.165) is 10.5 Å². The van der Waals surface area contributed by atoms with Crippen molar-refractivity contribution in [2.75, 3.05) is 11.5 Å². The van der Waals surface area contributed by atoms with E-state index < -0.39 is 23.9 Å². The maximum absolute atomic E-state index is 12.8. The molecular weight excluding hydrogens is 350 g/mol. The first-order chi connectivity index (χ1) is 12.8. The third-order valence-electron chi connectivity index (χ3n) is 4.37. The number of rotatable bonds is 5. The number of imide groups is 1. The average Bonchev–Trinajstić information content (AvgIpc) is 2.91. The standard InChI is InChI=1S/C20H19NO6/c1-3-13(22)10-27-20(26)12-5-6-14-15(9-12)19(25)21(18(14)24)16-8-11(2)4-7-17(16)23/h4-9,13,22-23H,3,10H2,1-2H3. The molecule has 140 valence electrons. The Morgan fingerprint density at radius 3 is 2.52 bits per heavy atom. The molecule has 0 spiro atoms. The minimum absolute atomic E-state index is 0.0615. The number of carbonyl (C=O) groups is 3. The van der Waals surface area contributed by atoms with Crippen molar-refractivity contribution in [1.82, 2.24) is 0 Å². The number of ether oxygens (including phenoxy) is 1. The van der Waals surface area contributed by atoms with Crippen LogP contribution in [0.4, 0.5) is 5.69 Å². The minimum atomic E-state index is -0.758. The van der Waals surface area contributed by atoms with Crippen LogP contribution in [0, 0.1) is 6.92 Å². The summed E-state index contributed by atoms with van der Waals surface area (Å²) in [5.41, 5.74) is 1.18. The molecule has 3 rings (SSSR count). The molecule has 2 amide bonds. The lowest BCUT2D eigenvalue weighted by Gasteiger charge is -2.15. The zero-order valence-corrected chi connectivity index (χ0v) is 14.9. The zero-order chi connectivity index (χ0) is 19.7. The summed E-state index contributed by atoms with van der Waals surface area (Å²) < 4.78 is 5.01. The summed E-state index contributed by atoms with van der Waals surface area (Å²) in [6.07, 6.45) is -0.314. The molecular formula is C20H19NO6. The SMILES string of the molecule is CCC(O)COC(=O)c1ccc2c(c1)C(=O)N(c1cc(C)ccc1O)C2=O. The summed E-state index contributed by atoms with van der Waals surface area (Å²) in [5.74, 6) is -2.08. The molecule has 0 aromatic heterocycles. The molecule has 0 bridgehead atoms. The lowest BCUT2D eigenvalue weighted by Crippen LogP contribution is -2.29. The summed E-state index contributed by atoms with van der Waals surface area (Å²) in [6.45, 7) is 3.38. The maximum atomic E-state index is 12.8. The van der Waals surface area contributed by atoms with E-state index in [9.17, 15) is 24.6 Å². The van der Waals surface area contributed by atoms with E-state index in [1.807, 2.05) is 0 Å². The molecule has 0 fully saturated rings. The summed E-state index contributed by atoms with van der Waals surface area (Å²) >= 11 is 0. The molecule has 1 unspecified atom stereocenters. The monoisotopic (exact) mass is 369 g/mol. The van der Waals surface area contributed by atoms with Gasteiger partial charge < -0.3 is 14.9 Å². The van der Waals surface area contributed by atoms with Crippen LogP contribution in [-0.4, -0.2) is 40.7 Å². The van der Waals surface area contributed by atoms with E-state index >= 15 is 0 Å². The summed E-state index contributed by atoms with van der Waals surface area (Å²) in [6, 6.07) is 8.69. The van der Waals surface area contributed by atoms with E-state index in [-0.39, 0.29) is 34.7 Å². The normalized spacial score (nSPS) is 14.3. The second kappa shape index (κ2) is 7.20. The first kappa shape index (κ1) is 18.6. The Morgan fingerprint density at radius 2 is 1.81 bits per heavy atom. The number of hydrogen-bond acceptors (Lipinski definition) is 6. The van der Waals surface area contributed by atoms with Gasteiger partial charge in [0.05, 0.1) is 28.5 Å². The largest absolute Gasteiger partial charge is 0.506 e. The zero-order valence-electron chi connectivity index (χ0n) is 14.9. The van der Waals surface area contributed by atoms with Gasteiger partial charge in [0.15, 0.2) is 0 Å². The highest BCUT2D eigenvalue weighted by Gasteiger charge is 2.38. The number of aliphatic hydroxyl groups is 1. The lowest BCUT2D eigenvalue weighted by atomic mass is 10.1. The second-order valence-corrected chi connectivity index (χ2v) is 6.36. The average molecular weight is 369 g/mol. The predicted octanol–water partition coefficient (Wildman–Crippen LogP) is 2.43. The van der Waals surface area contributed by atoms with Gasteiger partial charge in [-0.1, -0.05) is 13.0 Å². The van der Waals surface area contributed by atoms with Crippen LogP contribution in [0.3, 0.4) is 0 Å². The van der Waals surface area contributed by atoms with Crippen LogP contribution in [0.15, 0.2) is 36.4 Å². The second-order valence-electron chi connectivity index (χ2n) is 6.36. The van der Waals surface area contributed by atoms with Gasteiger partial charge in [0.1, 0.15) is 12.4 Å². The Hall–Kier alpha value is -3.19. The number of fused-ring (bicyclic) bond motifs is 1. The summed E-state index contributed by atoms with van der Waals surface area (Å²) in [5, 5.41) is 19.5. The minimum Gasteiger partial charge on any atom is -0.506 e. The van der Waals surface area contributed by atoms with Gasteiger partial charge in [-0.3, -0.25) is 9.59 Å². The molecule has 0 aliphatic carbocycles. The Kier molecular flexibility index (Phi) is 4.96. The van der Waals surface area contributed by atoms with E-state index in [1.165, 1.54) is 24.3 Å². The topological polar surface area (TPSA) is 104 Å². The van der Waals surface area contributed by atoms with Crippen LogP contribution in [0.2, 0.25) is 0 Å². The summed E-state index contributed by atoms with van der Waals surface area (Å²) in [7, 11) is 0. The number of nitrogens with zero attached hydrogens (tertiary/aromatic N) is 1. The highest BCUT2D eigenvalue weighted by Crippen LogP contribution is 2.35. The van der Waals surface area contributed by atoms with Crippen LogP contribution >= 0.6 is 0 Å². The van der Waals surface area contributed by atoms with Crippen molar-refractivity contribution in [1.29, 1.82) is 0 Å². The molecule has 1 heterocycles. The molecule has 0 radical (unpaired) electrons. The smallest absolute Gasteiger partial charge is 0.338 e. The van der Waals surface area contributed by atoms with Crippen LogP contribution in [0.25, 0.3) is 0 Å². The number of esters is 1. The van der Waals surface area contributed by atoms with Crippen LogP contribution in [0.5, 0.6) is 5.75 Å². The van der Waals surface area contributed by atoms with Gasteiger partial charge in [-0.15, -0.1) is 0 Å². The van der Waals surface area contributed by atoms with Crippen molar-refractivity contribution in [2.45, 2.75) is 26.4 Å². The Labute approximate surface area is 155 Å². The molecule has 1 aliphatic rings. The molecule has 1 atom stereocenters. The van der Waals surface area contributed by atoms with Gasteiger partial charge in [-0.2, -0.15) is 0 Å². The quantitative estimate of drug-likeness (QED) is 0.620. The molecule has 0 saturated carbocycles. The molecule has 2 N–H and O–H groups in total. The van der Waals surface area contributed by atoms with Crippen molar-refractivity contribution in [3.05, 3.63) is 58.7 Å². The fourth-order valence-corrected chi connectivity index (χ4v) is 2.77. The van der Waals surface area contributed by atoms with Gasteiger partial charge >= 0.3 is 5.97 Å². The molecule has 7 nitrogen and oxygen atoms in total.